The lowest BCUT2D eigenvalue weighted by atomic mass is 9.85. The van der Waals surface area contributed by atoms with Crippen molar-refractivity contribution in [2.45, 2.75) is 58.5 Å². The van der Waals surface area contributed by atoms with E-state index in [1.54, 1.807) is 4.90 Å². The van der Waals surface area contributed by atoms with Crippen LogP contribution in [0.2, 0.25) is 0 Å². The van der Waals surface area contributed by atoms with Crippen LogP contribution in [0.4, 0.5) is 0 Å². The molecule has 0 spiro atoms. The van der Waals surface area contributed by atoms with E-state index in [-0.39, 0.29) is 24.4 Å². The molecule has 3 heterocycles. The first kappa shape index (κ1) is 21.7. The zero-order valence-corrected chi connectivity index (χ0v) is 20.0. The van der Waals surface area contributed by atoms with Gasteiger partial charge in [0.25, 0.3) is 0 Å². The molecule has 1 fully saturated rings. The van der Waals surface area contributed by atoms with Gasteiger partial charge in [0.05, 0.1) is 12.6 Å². The third-order valence-corrected chi connectivity index (χ3v) is 7.24. The summed E-state index contributed by atoms with van der Waals surface area (Å²) in [5.41, 5.74) is 5.58. The Bertz CT molecular complexity index is 1190. The van der Waals surface area contributed by atoms with Gasteiger partial charge in [0, 0.05) is 29.6 Å². The molecule has 5 rings (SSSR count). The van der Waals surface area contributed by atoms with Crippen molar-refractivity contribution in [3.63, 3.8) is 0 Å². The summed E-state index contributed by atoms with van der Waals surface area (Å²) in [5, 5.41) is 1.15. The zero-order valence-electron chi connectivity index (χ0n) is 20.0. The maximum Gasteiger partial charge on any atom is 0.246 e. The number of nitrogens with zero attached hydrogens (tertiary/aromatic N) is 2. The molecule has 5 heteroatoms. The molecule has 0 bridgehead atoms. The Balaban J connectivity index is 1.61. The smallest absolute Gasteiger partial charge is 0.246 e. The minimum atomic E-state index is -0.458. The number of aromatic nitrogens is 1. The second-order valence-electron chi connectivity index (χ2n) is 10.2. The molecule has 0 saturated carbocycles. The fraction of sp³-hybridized carbons (Fsp3) is 0.429. The van der Waals surface area contributed by atoms with E-state index in [1.165, 1.54) is 5.56 Å². The van der Waals surface area contributed by atoms with Gasteiger partial charge >= 0.3 is 0 Å². The fourth-order valence-corrected chi connectivity index (χ4v) is 5.34. The summed E-state index contributed by atoms with van der Waals surface area (Å²) in [4.78, 5) is 34.4. The summed E-state index contributed by atoms with van der Waals surface area (Å²) in [7, 11) is 0. The molecule has 0 aliphatic carbocycles. The van der Waals surface area contributed by atoms with Crippen LogP contribution in [-0.2, 0) is 16.0 Å². The van der Waals surface area contributed by atoms with Crippen LogP contribution in [0.3, 0.4) is 0 Å². The van der Waals surface area contributed by atoms with Gasteiger partial charge in [-0.15, -0.1) is 0 Å². The molecule has 2 aromatic carbocycles. The van der Waals surface area contributed by atoms with Crippen LogP contribution in [0.1, 0.15) is 68.5 Å². The Kier molecular flexibility index (Phi) is 5.51. The van der Waals surface area contributed by atoms with Crippen LogP contribution in [0.15, 0.2) is 48.5 Å². The molecular weight excluding hydrogens is 410 g/mol. The zero-order chi connectivity index (χ0) is 23.3. The molecule has 1 aromatic heterocycles. The lowest BCUT2D eigenvalue weighted by Gasteiger charge is -2.47. The number of nitrogens with one attached hydrogen (secondary N) is 1. The number of amides is 2. The number of hydrogen-bond acceptors (Lipinski definition) is 2. The van der Waals surface area contributed by atoms with E-state index in [1.807, 2.05) is 17.0 Å². The number of H-pyrrole nitrogens is 1. The summed E-state index contributed by atoms with van der Waals surface area (Å²) in [6.45, 7) is 9.47. The van der Waals surface area contributed by atoms with Crippen LogP contribution in [0, 0.1) is 5.92 Å². The number of para-hydroxylation sites is 1. The molecule has 5 nitrogen and oxygen atoms in total. The third-order valence-electron chi connectivity index (χ3n) is 7.24. The van der Waals surface area contributed by atoms with Crippen LogP contribution >= 0.6 is 0 Å². The summed E-state index contributed by atoms with van der Waals surface area (Å²) >= 11 is 0. The lowest BCUT2D eigenvalue weighted by Crippen LogP contribution is -2.63. The standard InChI is InChI=1S/C28H33N3O2/c1-17(2)13-14-30-16-25(32)31-24(28(30)33)15-22-21-7-5-6-8-23(21)29-26(22)27(31)20-11-9-19(10-12-20)18(3)4/h5-12,17-18,24,27,29H,13-16H2,1-4H3/t24-,27-/m0/s1. The number of carbonyl (C=O) groups is 2. The molecule has 3 aromatic rings. The number of fused-ring (bicyclic) bond motifs is 4. The van der Waals surface area contributed by atoms with Crippen molar-refractivity contribution in [3.8, 4) is 0 Å². The van der Waals surface area contributed by atoms with Crippen molar-refractivity contribution < 1.29 is 9.59 Å². The molecule has 2 aliphatic heterocycles. The highest BCUT2D eigenvalue weighted by Crippen LogP contribution is 2.42. The van der Waals surface area contributed by atoms with E-state index in [9.17, 15) is 9.59 Å². The van der Waals surface area contributed by atoms with Gasteiger partial charge in [-0.1, -0.05) is 70.2 Å². The molecule has 0 radical (unpaired) electrons. The second-order valence-corrected chi connectivity index (χ2v) is 10.2. The van der Waals surface area contributed by atoms with Gasteiger partial charge in [-0.2, -0.15) is 0 Å². The fourth-order valence-electron chi connectivity index (χ4n) is 5.34. The van der Waals surface area contributed by atoms with E-state index in [0.29, 0.717) is 24.8 Å². The first-order valence-corrected chi connectivity index (χ1v) is 12.1. The van der Waals surface area contributed by atoms with E-state index < -0.39 is 6.04 Å². The van der Waals surface area contributed by atoms with Gasteiger partial charge in [0.2, 0.25) is 11.8 Å². The van der Waals surface area contributed by atoms with Crippen LogP contribution < -0.4 is 0 Å². The van der Waals surface area contributed by atoms with Crippen molar-refractivity contribution in [2.24, 2.45) is 5.92 Å². The average molecular weight is 444 g/mol. The van der Waals surface area contributed by atoms with Gasteiger partial charge in [-0.05, 0) is 41.0 Å². The predicted molar refractivity (Wildman–Crippen MR) is 131 cm³/mol. The van der Waals surface area contributed by atoms with Crippen molar-refractivity contribution in [1.29, 1.82) is 0 Å². The summed E-state index contributed by atoms with van der Waals surface area (Å²) in [6, 6.07) is 16.1. The Morgan fingerprint density at radius 1 is 1.00 bits per heavy atom. The Morgan fingerprint density at radius 3 is 2.42 bits per heavy atom. The van der Waals surface area contributed by atoms with E-state index in [4.69, 9.17) is 0 Å². The molecule has 2 amide bonds. The predicted octanol–water partition coefficient (Wildman–Crippen LogP) is 5.02. The van der Waals surface area contributed by atoms with Gasteiger partial charge in [0.15, 0.2) is 0 Å². The monoisotopic (exact) mass is 443 g/mol. The molecule has 172 valence electrons. The van der Waals surface area contributed by atoms with Crippen LogP contribution in [0.5, 0.6) is 0 Å². The average Bonchev–Trinajstić information content (AvgIpc) is 3.17. The molecule has 1 N–H and O–H groups in total. The second kappa shape index (κ2) is 8.36. The van der Waals surface area contributed by atoms with E-state index in [2.05, 4.69) is 69.1 Å². The van der Waals surface area contributed by atoms with Crippen molar-refractivity contribution in [2.75, 3.05) is 13.1 Å². The van der Waals surface area contributed by atoms with E-state index in [0.717, 1.165) is 34.1 Å². The Labute approximate surface area is 195 Å². The first-order valence-electron chi connectivity index (χ1n) is 12.1. The number of piperazine rings is 1. The van der Waals surface area contributed by atoms with Gasteiger partial charge in [-0.3, -0.25) is 9.59 Å². The molecule has 2 aliphatic rings. The highest BCUT2D eigenvalue weighted by Gasteiger charge is 2.48. The van der Waals surface area contributed by atoms with Crippen molar-refractivity contribution in [3.05, 3.63) is 70.9 Å². The first-order chi connectivity index (χ1) is 15.8. The number of hydrogen-bond donors (Lipinski definition) is 1. The van der Waals surface area contributed by atoms with Gasteiger partial charge in [-0.25, -0.2) is 0 Å². The van der Waals surface area contributed by atoms with Gasteiger partial charge in [0.1, 0.15) is 6.04 Å². The normalized spacial score (nSPS) is 20.7. The molecular formula is C28H33N3O2. The maximum atomic E-state index is 13.6. The van der Waals surface area contributed by atoms with Crippen LogP contribution in [0.25, 0.3) is 10.9 Å². The number of benzene rings is 2. The Hall–Kier alpha value is -3.08. The quantitative estimate of drug-likeness (QED) is 0.602. The maximum absolute atomic E-state index is 13.6. The molecule has 1 saturated heterocycles. The van der Waals surface area contributed by atoms with Crippen molar-refractivity contribution in [1.82, 2.24) is 14.8 Å². The third kappa shape index (κ3) is 3.73. The molecule has 33 heavy (non-hydrogen) atoms. The largest absolute Gasteiger partial charge is 0.356 e. The highest BCUT2D eigenvalue weighted by molar-refractivity contribution is 5.97. The van der Waals surface area contributed by atoms with Crippen LogP contribution in [-0.4, -0.2) is 45.7 Å². The molecule has 2 atom stereocenters. The molecule has 0 unspecified atom stereocenters. The van der Waals surface area contributed by atoms with Crippen molar-refractivity contribution >= 4 is 22.7 Å². The number of carbonyl (C=O) groups excluding carboxylic acids is 2. The Morgan fingerprint density at radius 2 is 1.73 bits per heavy atom. The summed E-state index contributed by atoms with van der Waals surface area (Å²) in [5.74, 6) is 1.04. The number of aromatic amines is 1. The highest BCUT2D eigenvalue weighted by atomic mass is 16.2. The minimum absolute atomic E-state index is 0.0330. The van der Waals surface area contributed by atoms with Gasteiger partial charge < -0.3 is 14.8 Å². The topological polar surface area (TPSA) is 56.4 Å². The SMILES string of the molecule is CC(C)CCN1CC(=O)N2[C@@H](c3ccc(C(C)C)cc3)c3[nH]c4ccccc4c3C[C@H]2C1=O. The summed E-state index contributed by atoms with van der Waals surface area (Å²) < 4.78 is 0. The van der Waals surface area contributed by atoms with E-state index >= 15 is 0 Å². The number of rotatable bonds is 5. The minimum Gasteiger partial charge on any atom is -0.356 e. The summed E-state index contributed by atoms with van der Waals surface area (Å²) in [6.07, 6.45) is 1.47. The lowest BCUT2D eigenvalue weighted by molar-refractivity contribution is -0.158.